The molecule has 0 aliphatic rings. The number of pyridine rings is 1. The number of aromatic nitrogens is 1. The predicted octanol–water partition coefficient (Wildman–Crippen LogP) is 4.44. The Bertz CT molecular complexity index is 878. The van der Waals surface area contributed by atoms with E-state index in [0.717, 1.165) is 22.2 Å². The number of fused-ring (bicyclic) bond motifs is 1. The fourth-order valence-electron chi connectivity index (χ4n) is 2.34. The second-order valence-electron chi connectivity index (χ2n) is 4.99. The van der Waals surface area contributed by atoms with E-state index in [1.807, 2.05) is 25.1 Å². The van der Waals surface area contributed by atoms with Crippen molar-refractivity contribution in [3.8, 4) is 11.3 Å². The Hall–Kier alpha value is -2.95. The van der Waals surface area contributed by atoms with Crippen LogP contribution in [0.1, 0.15) is 5.56 Å². The second-order valence-corrected chi connectivity index (χ2v) is 4.99. The molecule has 1 aromatic heterocycles. The maximum atomic E-state index is 13.2. The van der Waals surface area contributed by atoms with E-state index in [0.29, 0.717) is 11.2 Å². The topological polar surface area (TPSA) is 62.2 Å². The van der Waals surface area contributed by atoms with Crippen LogP contribution in [0, 0.1) is 12.7 Å². The number of rotatable bonds is 2. The van der Waals surface area contributed by atoms with Gasteiger partial charge in [0.25, 0.3) is 0 Å². The van der Waals surface area contributed by atoms with Gasteiger partial charge in [0.15, 0.2) is 0 Å². The van der Waals surface area contributed by atoms with Crippen LogP contribution in [-0.4, -0.2) is 16.2 Å². The van der Waals surface area contributed by atoms with Crippen molar-refractivity contribution in [2.75, 3.05) is 5.32 Å². The normalized spacial score (nSPS) is 10.6. The molecule has 0 radical (unpaired) electrons. The fourth-order valence-corrected chi connectivity index (χ4v) is 2.34. The predicted molar refractivity (Wildman–Crippen MR) is 83.5 cm³/mol. The molecule has 5 heteroatoms. The summed E-state index contributed by atoms with van der Waals surface area (Å²) in [6, 6.07) is 13.5. The van der Waals surface area contributed by atoms with Gasteiger partial charge in [0.2, 0.25) is 0 Å². The first-order valence-electron chi connectivity index (χ1n) is 6.70. The summed E-state index contributed by atoms with van der Waals surface area (Å²) in [5, 5.41) is 11.8. The van der Waals surface area contributed by atoms with Gasteiger partial charge in [-0.15, -0.1) is 0 Å². The quantitative estimate of drug-likeness (QED) is 0.735. The molecule has 110 valence electrons. The van der Waals surface area contributed by atoms with Gasteiger partial charge >= 0.3 is 6.09 Å². The minimum Gasteiger partial charge on any atom is -0.465 e. The smallest absolute Gasteiger partial charge is 0.409 e. The molecule has 0 aliphatic carbocycles. The number of nitrogens with zero attached hydrogens (tertiary/aromatic N) is 1. The monoisotopic (exact) mass is 296 g/mol. The maximum Gasteiger partial charge on any atom is 0.409 e. The lowest BCUT2D eigenvalue weighted by atomic mass is 10.1. The third-order valence-corrected chi connectivity index (χ3v) is 3.42. The van der Waals surface area contributed by atoms with Crippen LogP contribution in [0.3, 0.4) is 0 Å². The van der Waals surface area contributed by atoms with Gasteiger partial charge in [-0.25, -0.2) is 14.2 Å². The Morgan fingerprint density at radius 1 is 1.14 bits per heavy atom. The second kappa shape index (κ2) is 5.44. The van der Waals surface area contributed by atoms with E-state index in [1.165, 1.54) is 12.1 Å². The van der Waals surface area contributed by atoms with Crippen LogP contribution in [0.25, 0.3) is 22.2 Å². The van der Waals surface area contributed by atoms with Crippen molar-refractivity contribution in [1.82, 2.24) is 4.98 Å². The molecule has 2 aromatic carbocycles. The number of nitrogens with one attached hydrogen (secondary N) is 1. The van der Waals surface area contributed by atoms with Crippen molar-refractivity contribution in [2.45, 2.75) is 6.92 Å². The van der Waals surface area contributed by atoms with E-state index in [9.17, 15) is 9.18 Å². The Balaban J connectivity index is 2.02. The van der Waals surface area contributed by atoms with E-state index in [-0.39, 0.29) is 5.82 Å². The zero-order valence-electron chi connectivity index (χ0n) is 11.8. The molecule has 0 bridgehead atoms. The van der Waals surface area contributed by atoms with Gasteiger partial charge in [0.05, 0.1) is 11.2 Å². The number of carboxylic acid groups (broad SMARTS) is 1. The zero-order chi connectivity index (χ0) is 15.7. The van der Waals surface area contributed by atoms with Crippen LogP contribution in [0.4, 0.5) is 14.9 Å². The van der Waals surface area contributed by atoms with Crippen LogP contribution in [0.2, 0.25) is 0 Å². The average molecular weight is 296 g/mol. The molecular weight excluding hydrogens is 283 g/mol. The van der Waals surface area contributed by atoms with Crippen LogP contribution in [0.15, 0.2) is 48.5 Å². The molecular formula is C17H13FN2O2. The highest BCUT2D eigenvalue weighted by Crippen LogP contribution is 2.25. The highest BCUT2D eigenvalue weighted by Gasteiger charge is 2.06. The van der Waals surface area contributed by atoms with E-state index in [1.54, 1.807) is 18.2 Å². The zero-order valence-corrected chi connectivity index (χ0v) is 11.8. The number of anilines is 1. The van der Waals surface area contributed by atoms with Crippen LogP contribution in [-0.2, 0) is 0 Å². The molecule has 2 N–H and O–H groups in total. The van der Waals surface area contributed by atoms with Gasteiger partial charge in [-0.3, -0.25) is 5.32 Å². The van der Waals surface area contributed by atoms with Crippen molar-refractivity contribution in [3.63, 3.8) is 0 Å². The summed E-state index contributed by atoms with van der Waals surface area (Å²) in [4.78, 5) is 15.2. The minimum atomic E-state index is -1.10. The lowest BCUT2D eigenvalue weighted by Gasteiger charge is -2.08. The van der Waals surface area contributed by atoms with E-state index >= 15 is 0 Å². The molecule has 4 nitrogen and oxygen atoms in total. The molecule has 1 amide bonds. The van der Waals surface area contributed by atoms with Crippen molar-refractivity contribution in [3.05, 3.63) is 59.9 Å². The van der Waals surface area contributed by atoms with Crippen molar-refractivity contribution < 1.29 is 14.3 Å². The Morgan fingerprint density at radius 2 is 1.95 bits per heavy atom. The standard InChI is InChI=1S/C17H13FN2O2/c1-10-8-11(2-5-14(10)20-17(21)22)15-6-3-12-9-13(18)4-7-16(12)19-15/h2-9,20H,1H3,(H,21,22). The SMILES string of the molecule is Cc1cc(-c2ccc3cc(F)ccc3n2)ccc1NC(=O)O. The molecule has 1 heterocycles. The largest absolute Gasteiger partial charge is 0.465 e. The first-order valence-corrected chi connectivity index (χ1v) is 6.70. The van der Waals surface area contributed by atoms with Crippen molar-refractivity contribution in [1.29, 1.82) is 0 Å². The first kappa shape index (κ1) is 14.0. The number of hydrogen-bond acceptors (Lipinski definition) is 2. The van der Waals surface area contributed by atoms with Gasteiger partial charge in [-0.05, 0) is 48.9 Å². The summed E-state index contributed by atoms with van der Waals surface area (Å²) in [5.74, 6) is -0.290. The van der Waals surface area contributed by atoms with Crippen LogP contribution >= 0.6 is 0 Å². The van der Waals surface area contributed by atoms with Gasteiger partial charge in [0, 0.05) is 16.6 Å². The lowest BCUT2D eigenvalue weighted by molar-refractivity contribution is 0.209. The van der Waals surface area contributed by atoms with Crippen molar-refractivity contribution in [2.24, 2.45) is 0 Å². The van der Waals surface area contributed by atoms with Crippen LogP contribution in [0.5, 0.6) is 0 Å². The first-order chi connectivity index (χ1) is 10.5. The van der Waals surface area contributed by atoms with E-state index < -0.39 is 6.09 Å². The molecule has 0 fully saturated rings. The molecule has 0 unspecified atom stereocenters. The molecule has 3 rings (SSSR count). The molecule has 3 aromatic rings. The third-order valence-electron chi connectivity index (χ3n) is 3.42. The number of carbonyl (C=O) groups is 1. The molecule has 0 atom stereocenters. The van der Waals surface area contributed by atoms with Gasteiger partial charge in [0.1, 0.15) is 5.82 Å². The van der Waals surface area contributed by atoms with E-state index in [4.69, 9.17) is 5.11 Å². The Morgan fingerprint density at radius 3 is 2.68 bits per heavy atom. The van der Waals surface area contributed by atoms with Gasteiger partial charge in [-0.1, -0.05) is 12.1 Å². The summed E-state index contributed by atoms with van der Waals surface area (Å²) in [5.41, 5.74) is 3.69. The lowest BCUT2D eigenvalue weighted by Crippen LogP contribution is -2.08. The number of amides is 1. The Kier molecular flexibility index (Phi) is 3.47. The van der Waals surface area contributed by atoms with E-state index in [2.05, 4.69) is 10.3 Å². The summed E-state index contributed by atoms with van der Waals surface area (Å²) in [7, 11) is 0. The summed E-state index contributed by atoms with van der Waals surface area (Å²) in [6.07, 6.45) is -1.10. The maximum absolute atomic E-state index is 13.2. The van der Waals surface area contributed by atoms with Gasteiger partial charge in [-0.2, -0.15) is 0 Å². The average Bonchev–Trinajstić information content (AvgIpc) is 2.48. The molecule has 22 heavy (non-hydrogen) atoms. The number of hydrogen-bond donors (Lipinski definition) is 2. The highest BCUT2D eigenvalue weighted by atomic mass is 19.1. The Labute approximate surface area is 126 Å². The van der Waals surface area contributed by atoms with Gasteiger partial charge < -0.3 is 5.11 Å². The highest BCUT2D eigenvalue weighted by molar-refractivity contribution is 5.85. The third kappa shape index (κ3) is 2.74. The molecule has 0 saturated heterocycles. The van der Waals surface area contributed by atoms with Crippen molar-refractivity contribution >= 4 is 22.7 Å². The van der Waals surface area contributed by atoms with Crippen LogP contribution < -0.4 is 5.32 Å². The summed E-state index contributed by atoms with van der Waals surface area (Å²) in [6.45, 7) is 1.82. The summed E-state index contributed by atoms with van der Waals surface area (Å²) >= 11 is 0. The molecule has 0 spiro atoms. The minimum absolute atomic E-state index is 0.290. The molecule has 0 saturated carbocycles. The number of benzene rings is 2. The number of aryl methyl sites for hydroxylation is 1. The molecule has 0 aliphatic heterocycles. The number of halogens is 1. The fraction of sp³-hybridized carbons (Fsp3) is 0.0588. The summed E-state index contributed by atoms with van der Waals surface area (Å²) < 4.78 is 13.2.